The molecule has 2 aliphatic rings. The Kier molecular flexibility index (Phi) is 7.54. The topological polar surface area (TPSA) is 99.6 Å². The van der Waals surface area contributed by atoms with E-state index in [-0.39, 0.29) is 35.6 Å². The Morgan fingerprint density at radius 3 is 2.65 bits per heavy atom. The molecule has 1 aromatic carbocycles. The SMILES string of the molecule is COCC(O)C1CCC(N2CC(NC(=O)CNc3ncnc4ccc(C(F)(F)F)cc34)C2)CC1. The van der Waals surface area contributed by atoms with Crippen LogP contribution in [0, 0.1) is 5.92 Å². The maximum Gasteiger partial charge on any atom is 0.416 e. The molecule has 8 nitrogen and oxygen atoms in total. The number of aliphatic hydroxyl groups is 1. The highest BCUT2D eigenvalue weighted by molar-refractivity contribution is 5.91. The number of carbonyl (C=O) groups is 1. The lowest BCUT2D eigenvalue weighted by atomic mass is 9.81. The van der Waals surface area contributed by atoms with Crippen LogP contribution in [0.25, 0.3) is 10.9 Å². The van der Waals surface area contributed by atoms with Gasteiger partial charge in [-0.05, 0) is 49.8 Å². The van der Waals surface area contributed by atoms with E-state index in [1.54, 1.807) is 7.11 Å². The van der Waals surface area contributed by atoms with Crippen molar-refractivity contribution in [3.63, 3.8) is 0 Å². The normalized spacial score (nSPS) is 22.9. The molecule has 1 saturated carbocycles. The van der Waals surface area contributed by atoms with Crippen LogP contribution >= 0.6 is 0 Å². The molecular weight excluding hydrogens is 451 g/mol. The summed E-state index contributed by atoms with van der Waals surface area (Å²) in [5.41, 5.74) is -0.427. The van der Waals surface area contributed by atoms with Gasteiger partial charge in [0.2, 0.25) is 5.91 Å². The minimum Gasteiger partial charge on any atom is -0.390 e. The summed E-state index contributed by atoms with van der Waals surface area (Å²) in [6, 6.07) is 3.77. The standard InChI is InChI=1S/C23H30F3N5O3/c1-34-12-20(32)14-2-5-17(6-3-14)31-10-16(11-31)30-21(33)9-27-22-18-8-15(23(24,25)26)4-7-19(18)28-13-29-22/h4,7-8,13-14,16-17,20,32H,2-3,5-6,9-12H2,1H3,(H,30,33)(H,27,28,29). The highest BCUT2D eigenvalue weighted by Gasteiger charge is 2.36. The predicted molar refractivity (Wildman–Crippen MR) is 120 cm³/mol. The van der Waals surface area contributed by atoms with Gasteiger partial charge >= 0.3 is 6.18 Å². The zero-order valence-electron chi connectivity index (χ0n) is 19.0. The molecule has 11 heteroatoms. The van der Waals surface area contributed by atoms with Crippen molar-refractivity contribution < 1.29 is 27.8 Å². The van der Waals surface area contributed by atoms with Crippen LogP contribution < -0.4 is 10.6 Å². The molecule has 2 heterocycles. The summed E-state index contributed by atoms with van der Waals surface area (Å²) >= 11 is 0. The molecule has 3 N–H and O–H groups in total. The lowest BCUT2D eigenvalue weighted by Gasteiger charge is -2.47. The van der Waals surface area contributed by atoms with Gasteiger partial charge < -0.3 is 20.5 Å². The second-order valence-electron chi connectivity index (χ2n) is 9.12. The number of likely N-dealkylation sites (tertiary alicyclic amines) is 1. The van der Waals surface area contributed by atoms with Gasteiger partial charge in [-0.1, -0.05) is 0 Å². The van der Waals surface area contributed by atoms with E-state index in [0.29, 0.717) is 18.2 Å². The van der Waals surface area contributed by atoms with Crippen LogP contribution in [0.15, 0.2) is 24.5 Å². The molecule has 2 fully saturated rings. The summed E-state index contributed by atoms with van der Waals surface area (Å²) in [4.78, 5) is 22.8. The highest BCUT2D eigenvalue weighted by Crippen LogP contribution is 2.33. The Bertz CT molecular complexity index is 991. The molecule has 0 spiro atoms. The number of nitrogens with one attached hydrogen (secondary N) is 2. The monoisotopic (exact) mass is 481 g/mol. The van der Waals surface area contributed by atoms with Crippen molar-refractivity contribution in [2.75, 3.05) is 38.7 Å². The van der Waals surface area contributed by atoms with Crippen molar-refractivity contribution >= 4 is 22.6 Å². The number of anilines is 1. The zero-order valence-corrected chi connectivity index (χ0v) is 19.0. The molecule has 34 heavy (non-hydrogen) atoms. The number of benzene rings is 1. The van der Waals surface area contributed by atoms with E-state index in [0.717, 1.165) is 50.9 Å². The van der Waals surface area contributed by atoms with E-state index in [1.807, 2.05) is 0 Å². The quantitative estimate of drug-likeness (QED) is 0.533. The minimum absolute atomic E-state index is 0.0464. The van der Waals surface area contributed by atoms with Crippen molar-refractivity contribution in [3.8, 4) is 0 Å². The maximum atomic E-state index is 13.1. The molecule has 0 bridgehead atoms. The molecule has 2 aromatic rings. The zero-order chi connectivity index (χ0) is 24.3. The summed E-state index contributed by atoms with van der Waals surface area (Å²) in [5, 5.41) is 16.1. The molecule has 1 unspecified atom stereocenters. The molecule has 0 radical (unpaired) electrons. The van der Waals surface area contributed by atoms with Gasteiger partial charge in [-0.25, -0.2) is 9.97 Å². The van der Waals surface area contributed by atoms with Gasteiger partial charge in [-0.2, -0.15) is 13.2 Å². The Hall–Kier alpha value is -2.50. The Balaban J connectivity index is 1.23. The number of aromatic nitrogens is 2. The van der Waals surface area contributed by atoms with Gasteiger partial charge in [0, 0.05) is 31.6 Å². The van der Waals surface area contributed by atoms with E-state index in [2.05, 4.69) is 25.5 Å². The molecule has 1 atom stereocenters. The van der Waals surface area contributed by atoms with Crippen molar-refractivity contribution in [1.82, 2.24) is 20.2 Å². The lowest BCUT2D eigenvalue weighted by Crippen LogP contribution is -2.63. The third-order valence-electron chi connectivity index (χ3n) is 6.79. The first-order valence-electron chi connectivity index (χ1n) is 11.5. The number of halogens is 3. The van der Waals surface area contributed by atoms with Crippen LogP contribution in [-0.4, -0.2) is 77.4 Å². The first-order valence-corrected chi connectivity index (χ1v) is 11.5. The fourth-order valence-corrected chi connectivity index (χ4v) is 4.88. The summed E-state index contributed by atoms with van der Waals surface area (Å²) in [6.45, 7) is 1.82. The first-order chi connectivity index (χ1) is 16.2. The molecule has 186 valence electrons. The van der Waals surface area contributed by atoms with Crippen LogP contribution in [-0.2, 0) is 15.7 Å². The molecule has 1 saturated heterocycles. The minimum atomic E-state index is -4.47. The van der Waals surface area contributed by atoms with Gasteiger partial charge in [0.15, 0.2) is 0 Å². The average Bonchev–Trinajstić information content (AvgIpc) is 2.79. The number of carbonyl (C=O) groups excluding carboxylic acids is 1. The van der Waals surface area contributed by atoms with Gasteiger partial charge in [0.25, 0.3) is 0 Å². The summed E-state index contributed by atoms with van der Waals surface area (Å²) in [7, 11) is 1.60. The molecular formula is C23H30F3N5O3. The number of aliphatic hydroxyl groups excluding tert-OH is 1. The fourth-order valence-electron chi connectivity index (χ4n) is 4.88. The molecule has 1 aliphatic heterocycles. The van der Waals surface area contributed by atoms with E-state index >= 15 is 0 Å². The predicted octanol–water partition coefficient (Wildman–Crippen LogP) is 2.43. The summed E-state index contributed by atoms with van der Waals surface area (Å²) in [6.07, 6.45) is 0.350. The van der Waals surface area contributed by atoms with E-state index in [9.17, 15) is 23.1 Å². The van der Waals surface area contributed by atoms with Crippen molar-refractivity contribution in [3.05, 3.63) is 30.1 Å². The maximum absolute atomic E-state index is 13.1. The number of nitrogens with zero attached hydrogens (tertiary/aromatic N) is 3. The van der Waals surface area contributed by atoms with Crippen molar-refractivity contribution in [2.45, 2.75) is 50.0 Å². The van der Waals surface area contributed by atoms with Crippen LogP contribution in [0.2, 0.25) is 0 Å². The Morgan fingerprint density at radius 1 is 1.24 bits per heavy atom. The van der Waals surface area contributed by atoms with Gasteiger partial charge in [0.05, 0.1) is 36.4 Å². The third-order valence-corrected chi connectivity index (χ3v) is 6.79. The van der Waals surface area contributed by atoms with Crippen LogP contribution in [0.1, 0.15) is 31.2 Å². The number of methoxy groups -OCH3 is 1. The van der Waals surface area contributed by atoms with Gasteiger partial charge in [0.1, 0.15) is 12.1 Å². The summed E-state index contributed by atoms with van der Waals surface area (Å²) < 4.78 is 44.2. The number of hydrogen-bond donors (Lipinski definition) is 3. The second-order valence-corrected chi connectivity index (χ2v) is 9.12. The number of rotatable bonds is 8. The van der Waals surface area contributed by atoms with Crippen LogP contribution in [0.4, 0.5) is 19.0 Å². The highest BCUT2D eigenvalue weighted by atomic mass is 19.4. The van der Waals surface area contributed by atoms with E-state index in [4.69, 9.17) is 4.74 Å². The largest absolute Gasteiger partial charge is 0.416 e. The fraction of sp³-hybridized carbons (Fsp3) is 0.609. The van der Waals surface area contributed by atoms with E-state index in [1.165, 1.54) is 12.4 Å². The molecule has 1 aliphatic carbocycles. The number of ether oxygens (including phenoxy) is 1. The van der Waals surface area contributed by atoms with E-state index < -0.39 is 17.8 Å². The van der Waals surface area contributed by atoms with Crippen molar-refractivity contribution in [2.24, 2.45) is 5.92 Å². The molecule has 1 amide bonds. The van der Waals surface area contributed by atoms with Crippen molar-refractivity contribution in [1.29, 1.82) is 0 Å². The lowest BCUT2D eigenvalue weighted by molar-refractivity contribution is -0.137. The van der Waals surface area contributed by atoms with Gasteiger partial charge in [-0.15, -0.1) is 0 Å². The Morgan fingerprint density at radius 2 is 1.97 bits per heavy atom. The number of alkyl halides is 3. The molecule has 4 rings (SSSR count). The third kappa shape index (κ3) is 5.76. The first kappa shape index (κ1) is 24.6. The molecule has 1 aromatic heterocycles. The summed E-state index contributed by atoms with van der Waals surface area (Å²) in [5.74, 6) is 0.229. The van der Waals surface area contributed by atoms with Crippen LogP contribution in [0.5, 0.6) is 0 Å². The second kappa shape index (κ2) is 10.4. The van der Waals surface area contributed by atoms with Crippen LogP contribution in [0.3, 0.4) is 0 Å². The average molecular weight is 482 g/mol. The van der Waals surface area contributed by atoms with Gasteiger partial charge in [-0.3, -0.25) is 9.69 Å². The number of fused-ring (bicyclic) bond motifs is 1. The smallest absolute Gasteiger partial charge is 0.390 e. The number of amides is 1. The number of hydrogen-bond acceptors (Lipinski definition) is 7. The Labute approximate surface area is 195 Å².